The average Bonchev–Trinajstić information content (AvgIpc) is 2.54. The van der Waals surface area contributed by atoms with E-state index in [4.69, 9.17) is 0 Å². The first-order valence-corrected chi connectivity index (χ1v) is 5.64. The average molecular weight is 230 g/mol. The fourth-order valence-corrected chi connectivity index (χ4v) is 2.09. The molecule has 0 aliphatic carbocycles. The van der Waals surface area contributed by atoms with Crippen molar-refractivity contribution in [2.75, 3.05) is 0 Å². The van der Waals surface area contributed by atoms with Gasteiger partial charge in [-0.2, -0.15) is 5.10 Å². The van der Waals surface area contributed by atoms with Crippen LogP contribution in [0.3, 0.4) is 0 Å². The minimum atomic E-state index is -0.770. The van der Waals surface area contributed by atoms with Gasteiger partial charge in [-0.25, -0.2) is 5.11 Å². The van der Waals surface area contributed by atoms with Crippen molar-refractivity contribution in [3.63, 3.8) is 0 Å². The number of nitrogens with zero attached hydrogens (tertiary/aromatic N) is 3. The number of hydrogen-bond acceptors (Lipinski definition) is 2. The van der Waals surface area contributed by atoms with Gasteiger partial charge in [0, 0.05) is 37.1 Å². The van der Waals surface area contributed by atoms with E-state index in [0.29, 0.717) is 6.42 Å². The molecule has 0 saturated carbocycles. The predicted molar refractivity (Wildman–Crippen MR) is 64.1 cm³/mol. The van der Waals surface area contributed by atoms with Gasteiger partial charge < -0.3 is 0 Å². The minimum Gasteiger partial charge on any atom is -0.272 e. The van der Waals surface area contributed by atoms with E-state index in [-0.39, 0.29) is 0 Å². The van der Waals surface area contributed by atoms with Crippen LogP contribution < -0.4 is 0 Å². The van der Waals surface area contributed by atoms with E-state index in [1.807, 2.05) is 33.0 Å². The molecule has 4 heteroatoms. The molecule has 0 aromatic carbocycles. The summed E-state index contributed by atoms with van der Waals surface area (Å²) < 4.78 is 1.76. The largest absolute Gasteiger partial charge is 0.272 e. The molecule has 0 aliphatic heterocycles. The summed E-state index contributed by atoms with van der Waals surface area (Å²) in [5.41, 5.74) is 3.56. The van der Waals surface area contributed by atoms with Crippen molar-refractivity contribution in [3.8, 4) is 0 Å². The molecular weight excluding hydrogens is 214 g/mol. The first kappa shape index (κ1) is 11.8. The lowest BCUT2D eigenvalue weighted by Crippen LogP contribution is -2.03. The Kier molecular flexibility index (Phi) is 3.24. The van der Waals surface area contributed by atoms with Crippen LogP contribution in [0.2, 0.25) is 0 Å². The summed E-state index contributed by atoms with van der Waals surface area (Å²) in [5, 5.41) is 16.5. The Hall–Kier alpha value is -1.68. The molecule has 4 nitrogen and oxygen atoms in total. The standard InChI is InChI=1S/C13H16N3O/c1-9-13(10(2)16(3)15-9)12(17)7-11-5-4-6-14-8-11/h4-6,8,12H,7H2,1-3H3. The number of hydrogen-bond donors (Lipinski definition) is 0. The van der Waals surface area contributed by atoms with Crippen LogP contribution in [-0.2, 0) is 18.6 Å². The van der Waals surface area contributed by atoms with E-state index in [1.54, 1.807) is 17.1 Å². The molecule has 0 fully saturated rings. The van der Waals surface area contributed by atoms with Crippen LogP contribution >= 0.6 is 0 Å². The van der Waals surface area contributed by atoms with E-state index in [0.717, 1.165) is 22.5 Å². The van der Waals surface area contributed by atoms with Crippen molar-refractivity contribution in [2.45, 2.75) is 26.4 Å². The monoisotopic (exact) mass is 230 g/mol. The number of rotatable bonds is 3. The van der Waals surface area contributed by atoms with Crippen molar-refractivity contribution < 1.29 is 5.11 Å². The fourth-order valence-electron chi connectivity index (χ4n) is 2.09. The van der Waals surface area contributed by atoms with Gasteiger partial charge in [0.1, 0.15) is 6.10 Å². The van der Waals surface area contributed by atoms with Gasteiger partial charge in [-0.05, 0) is 25.5 Å². The van der Waals surface area contributed by atoms with Crippen LogP contribution in [0.15, 0.2) is 24.5 Å². The zero-order valence-corrected chi connectivity index (χ0v) is 10.3. The number of aryl methyl sites for hydroxylation is 2. The zero-order valence-electron chi connectivity index (χ0n) is 10.3. The summed E-state index contributed by atoms with van der Waals surface area (Å²) >= 11 is 0. The lowest BCUT2D eigenvalue weighted by Gasteiger charge is -2.09. The van der Waals surface area contributed by atoms with Gasteiger partial charge >= 0.3 is 0 Å². The Morgan fingerprint density at radius 3 is 2.71 bits per heavy atom. The molecule has 2 heterocycles. The fraction of sp³-hybridized carbons (Fsp3) is 0.385. The smallest absolute Gasteiger partial charge is 0.126 e. The zero-order chi connectivity index (χ0) is 12.4. The Balaban J connectivity index is 2.23. The maximum atomic E-state index is 12.3. The Morgan fingerprint density at radius 1 is 1.41 bits per heavy atom. The SMILES string of the molecule is Cc1nn(C)c(C)c1C([O])Cc1cccnc1. The highest BCUT2D eigenvalue weighted by atomic mass is 16.3. The van der Waals surface area contributed by atoms with Gasteiger partial charge in [0.15, 0.2) is 0 Å². The first-order valence-electron chi connectivity index (χ1n) is 5.64. The second-order valence-electron chi connectivity index (χ2n) is 4.26. The van der Waals surface area contributed by atoms with Crippen molar-refractivity contribution in [2.24, 2.45) is 7.05 Å². The summed E-state index contributed by atoms with van der Waals surface area (Å²) in [6.07, 6.45) is 3.14. The van der Waals surface area contributed by atoms with Crippen molar-refractivity contribution in [1.82, 2.24) is 14.8 Å². The first-order chi connectivity index (χ1) is 8.09. The molecular formula is C13H16N3O. The van der Waals surface area contributed by atoms with Crippen molar-refractivity contribution in [1.29, 1.82) is 0 Å². The number of aromatic nitrogens is 3. The highest BCUT2D eigenvalue weighted by Gasteiger charge is 2.19. The van der Waals surface area contributed by atoms with Crippen LogP contribution in [0.25, 0.3) is 0 Å². The molecule has 0 amide bonds. The third-order valence-electron chi connectivity index (χ3n) is 3.03. The van der Waals surface area contributed by atoms with Crippen LogP contribution in [0, 0.1) is 13.8 Å². The van der Waals surface area contributed by atoms with Crippen LogP contribution in [0.5, 0.6) is 0 Å². The summed E-state index contributed by atoms with van der Waals surface area (Å²) in [5.74, 6) is 0. The summed E-state index contributed by atoms with van der Waals surface area (Å²) in [4.78, 5) is 4.02. The third kappa shape index (κ3) is 2.36. The van der Waals surface area contributed by atoms with Gasteiger partial charge in [0.05, 0.1) is 5.69 Å². The highest BCUT2D eigenvalue weighted by molar-refractivity contribution is 5.28. The molecule has 0 saturated heterocycles. The van der Waals surface area contributed by atoms with Crippen molar-refractivity contribution in [3.05, 3.63) is 47.0 Å². The second kappa shape index (κ2) is 4.67. The molecule has 0 bridgehead atoms. The Labute approximate surface area is 101 Å². The van der Waals surface area contributed by atoms with Crippen LogP contribution in [0.4, 0.5) is 0 Å². The number of pyridine rings is 1. The van der Waals surface area contributed by atoms with E-state index in [1.165, 1.54) is 0 Å². The predicted octanol–water partition coefficient (Wildman–Crippen LogP) is 2.15. The molecule has 2 rings (SSSR count). The Morgan fingerprint density at radius 2 is 2.18 bits per heavy atom. The lowest BCUT2D eigenvalue weighted by atomic mass is 10.0. The van der Waals surface area contributed by atoms with Crippen molar-refractivity contribution >= 4 is 0 Å². The van der Waals surface area contributed by atoms with E-state index < -0.39 is 6.10 Å². The Bertz CT molecular complexity index is 505. The van der Waals surface area contributed by atoms with Gasteiger partial charge in [0.25, 0.3) is 0 Å². The molecule has 0 spiro atoms. The molecule has 17 heavy (non-hydrogen) atoms. The summed E-state index contributed by atoms with van der Waals surface area (Å²) in [6, 6.07) is 3.78. The molecule has 2 aromatic rings. The van der Waals surface area contributed by atoms with E-state index >= 15 is 0 Å². The van der Waals surface area contributed by atoms with Gasteiger partial charge in [-0.3, -0.25) is 9.67 Å². The minimum absolute atomic E-state index is 0.460. The molecule has 0 N–H and O–H groups in total. The van der Waals surface area contributed by atoms with Gasteiger partial charge in [-0.15, -0.1) is 0 Å². The van der Waals surface area contributed by atoms with Crippen LogP contribution in [-0.4, -0.2) is 14.8 Å². The maximum Gasteiger partial charge on any atom is 0.126 e. The molecule has 0 aliphatic rings. The van der Waals surface area contributed by atoms with Gasteiger partial charge in [-0.1, -0.05) is 6.07 Å². The van der Waals surface area contributed by atoms with Crippen LogP contribution in [0.1, 0.15) is 28.6 Å². The van der Waals surface area contributed by atoms with E-state index in [9.17, 15) is 5.11 Å². The topological polar surface area (TPSA) is 50.6 Å². The van der Waals surface area contributed by atoms with E-state index in [2.05, 4.69) is 10.1 Å². The summed E-state index contributed by atoms with van der Waals surface area (Å²) in [7, 11) is 1.86. The highest BCUT2D eigenvalue weighted by Crippen LogP contribution is 2.24. The molecule has 1 unspecified atom stereocenters. The molecule has 2 aromatic heterocycles. The lowest BCUT2D eigenvalue weighted by molar-refractivity contribution is 0.0882. The normalized spacial score (nSPS) is 12.7. The summed E-state index contributed by atoms with van der Waals surface area (Å²) in [6.45, 7) is 3.82. The molecule has 89 valence electrons. The molecule has 1 radical (unpaired) electrons. The van der Waals surface area contributed by atoms with Gasteiger partial charge in [0.2, 0.25) is 0 Å². The molecule has 1 atom stereocenters. The second-order valence-corrected chi connectivity index (χ2v) is 4.26. The third-order valence-corrected chi connectivity index (χ3v) is 3.03. The quantitative estimate of drug-likeness (QED) is 0.811. The maximum absolute atomic E-state index is 12.3.